The minimum absolute atomic E-state index is 0. The first-order chi connectivity index (χ1) is 10.6. The minimum Gasteiger partial charge on any atom is -0.338 e. The topological polar surface area (TPSA) is 52.7 Å². The molecule has 0 saturated carbocycles. The molecule has 0 spiro atoms. The zero-order valence-corrected chi connectivity index (χ0v) is 14.6. The first kappa shape index (κ1) is 19.5. The normalized spacial score (nSPS) is 17.3. The highest BCUT2D eigenvalue weighted by Gasteiger charge is 2.23. The first-order valence-electron chi connectivity index (χ1n) is 7.87. The van der Waals surface area contributed by atoms with Crippen molar-refractivity contribution < 1.29 is 9.59 Å². The summed E-state index contributed by atoms with van der Waals surface area (Å²) in [5, 5.41) is 3.28. The second-order valence-corrected chi connectivity index (χ2v) is 5.82. The van der Waals surface area contributed by atoms with Crippen molar-refractivity contribution in [1.29, 1.82) is 0 Å². The zero-order valence-electron chi connectivity index (χ0n) is 13.8. The molecule has 1 fully saturated rings. The SMILES string of the molecule is CC(=O)N(CCC(=O)N1CCNC[C@@H]1C)Cc1ccccc1.Cl. The fourth-order valence-electron chi connectivity index (χ4n) is 2.74. The predicted molar refractivity (Wildman–Crippen MR) is 93.4 cm³/mol. The third kappa shape index (κ3) is 5.84. The Hall–Kier alpha value is -1.59. The highest BCUT2D eigenvalue weighted by atomic mass is 35.5. The van der Waals surface area contributed by atoms with E-state index in [1.165, 1.54) is 0 Å². The van der Waals surface area contributed by atoms with Gasteiger partial charge in [0.05, 0.1) is 0 Å². The number of benzene rings is 1. The molecule has 23 heavy (non-hydrogen) atoms. The van der Waals surface area contributed by atoms with E-state index in [0.717, 1.165) is 25.2 Å². The number of nitrogens with zero attached hydrogens (tertiary/aromatic N) is 2. The van der Waals surface area contributed by atoms with Crippen molar-refractivity contribution in [1.82, 2.24) is 15.1 Å². The van der Waals surface area contributed by atoms with E-state index in [-0.39, 0.29) is 30.3 Å². The smallest absolute Gasteiger partial charge is 0.224 e. The highest BCUT2D eigenvalue weighted by Crippen LogP contribution is 2.09. The van der Waals surface area contributed by atoms with Crippen molar-refractivity contribution >= 4 is 24.2 Å². The third-order valence-corrected chi connectivity index (χ3v) is 4.08. The van der Waals surface area contributed by atoms with E-state index in [9.17, 15) is 9.59 Å². The summed E-state index contributed by atoms with van der Waals surface area (Å²) in [6.07, 6.45) is 0.386. The van der Waals surface area contributed by atoms with E-state index in [4.69, 9.17) is 0 Å². The molecule has 0 unspecified atom stereocenters. The highest BCUT2D eigenvalue weighted by molar-refractivity contribution is 5.85. The van der Waals surface area contributed by atoms with Crippen molar-refractivity contribution in [2.45, 2.75) is 32.9 Å². The summed E-state index contributed by atoms with van der Waals surface area (Å²) in [7, 11) is 0. The molecule has 5 nitrogen and oxygen atoms in total. The molecule has 1 atom stereocenters. The number of halogens is 1. The van der Waals surface area contributed by atoms with Crippen LogP contribution in [0.4, 0.5) is 0 Å². The molecule has 1 heterocycles. The molecule has 0 aromatic heterocycles. The average Bonchev–Trinajstić information content (AvgIpc) is 2.52. The summed E-state index contributed by atoms with van der Waals surface area (Å²) in [6.45, 7) is 7.07. The van der Waals surface area contributed by atoms with Crippen LogP contribution in [0.25, 0.3) is 0 Å². The molecule has 2 rings (SSSR count). The number of piperazine rings is 1. The Morgan fingerprint density at radius 3 is 2.61 bits per heavy atom. The van der Waals surface area contributed by atoms with Gasteiger partial charge < -0.3 is 15.1 Å². The van der Waals surface area contributed by atoms with E-state index in [0.29, 0.717) is 19.5 Å². The maximum Gasteiger partial charge on any atom is 0.224 e. The van der Waals surface area contributed by atoms with Crippen LogP contribution >= 0.6 is 12.4 Å². The molecule has 128 valence electrons. The lowest BCUT2D eigenvalue weighted by molar-refractivity contribution is -0.135. The lowest BCUT2D eigenvalue weighted by atomic mass is 10.2. The van der Waals surface area contributed by atoms with Gasteiger partial charge in [-0.3, -0.25) is 9.59 Å². The van der Waals surface area contributed by atoms with Crippen LogP contribution < -0.4 is 5.32 Å². The molecule has 1 N–H and O–H groups in total. The number of hydrogen-bond donors (Lipinski definition) is 1. The van der Waals surface area contributed by atoms with Gasteiger partial charge in [0, 0.05) is 52.1 Å². The molecule has 1 saturated heterocycles. The summed E-state index contributed by atoms with van der Waals surface area (Å²) < 4.78 is 0. The largest absolute Gasteiger partial charge is 0.338 e. The molecule has 0 aliphatic carbocycles. The van der Waals surface area contributed by atoms with Gasteiger partial charge in [0.15, 0.2) is 0 Å². The molecule has 0 radical (unpaired) electrons. The van der Waals surface area contributed by atoms with E-state index >= 15 is 0 Å². The summed E-state index contributed by atoms with van der Waals surface area (Å²) in [5.74, 6) is 0.137. The van der Waals surface area contributed by atoms with Crippen LogP contribution in [0.1, 0.15) is 25.8 Å². The van der Waals surface area contributed by atoms with E-state index in [2.05, 4.69) is 12.2 Å². The third-order valence-electron chi connectivity index (χ3n) is 4.08. The number of nitrogens with one attached hydrogen (secondary N) is 1. The lowest BCUT2D eigenvalue weighted by Crippen LogP contribution is -2.52. The number of rotatable bonds is 5. The Morgan fingerprint density at radius 2 is 2.00 bits per heavy atom. The fourth-order valence-corrected chi connectivity index (χ4v) is 2.74. The number of carbonyl (C=O) groups excluding carboxylic acids is 2. The Kier molecular flexibility index (Phi) is 8.06. The van der Waals surface area contributed by atoms with Crippen LogP contribution in [0.2, 0.25) is 0 Å². The number of amides is 2. The summed E-state index contributed by atoms with van der Waals surface area (Å²) in [4.78, 5) is 27.8. The van der Waals surface area contributed by atoms with Gasteiger partial charge in [-0.2, -0.15) is 0 Å². The molecule has 2 amide bonds. The van der Waals surface area contributed by atoms with Gasteiger partial charge in [-0.15, -0.1) is 12.4 Å². The molecule has 0 bridgehead atoms. The van der Waals surface area contributed by atoms with Crippen molar-refractivity contribution in [2.75, 3.05) is 26.2 Å². The van der Waals surface area contributed by atoms with Crippen LogP contribution in [0.3, 0.4) is 0 Å². The standard InChI is InChI=1S/C17H25N3O2.ClH/c1-14-12-18-9-11-20(14)17(22)8-10-19(15(2)21)13-16-6-4-3-5-7-16;/h3-7,14,18H,8-13H2,1-2H3;1H/t14-;/m0./s1. The van der Waals surface area contributed by atoms with E-state index in [1.807, 2.05) is 35.2 Å². The second kappa shape index (κ2) is 9.53. The van der Waals surface area contributed by atoms with Gasteiger partial charge >= 0.3 is 0 Å². The minimum atomic E-state index is 0. The monoisotopic (exact) mass is 339 g/mol. The molecule has 1 aromatic rings. The van der Waals surface area contributed by atoms with E-state index in [1.54, 1.807) is 11.8 Å². The van der Waals surface area contributed by atoms with Gasteiger partial charge in [-0.25, -0.2) is 0 Å². The predicted octanol–water partition coefficient (Wildman–Crippen LogP) is 1.67. The number of carbonyl (C=O) groups is 2. The average molecular weight is 340 g/mol. The number of hydrogen-bond acceptors (Lipinski definition) is 3. The summed E-state index contributed by atoms with van der Waals surface area (Å²) in [6, 6.07) is 10.1. The lowest BCUT2D eigenvalue weighted by Gasteiger charge is -2.34. The maximum atomic E-state index is 12.3. The maximum absolute atomic E-state index is 12.3. The molecule has 1 aliphatic heterocycles. The quantitative estimate of drug-likeness (QED) is 0.887. The van der Waals surface area contributed by atoms with Crippen molar-refractivity contribution in [3.05, 3.63) is 35.9 Å². The Balaban J connectivity index is 0.00000264. The molecular formula is C17H26ClN3O2. The Bertz CT molecular complexity index is 510. The van der Waals surface area contributed by atoms with Crippen LogP contribution in [0, 0.1) is 0 Å². The Morgan fingerprint density at radius 1 is 1.30 bits per heavy atom. The first-order valence-corrected chi connectivity index (χ1v) is 7.87. The summed E-state index contributed by atoms with van der Waals surface area (Å²) >= 11 is 0. The van der Waals surface area contributed by atoms with Gasteiger partial charge in [0.25, 0.3) is 0 Å². The van der Waals surface area contributed by atoms with Gasteiger partial charge in [0.2, 0.25) is 11.8 Å². The zero-order chi connectivity index (χ0) is 15.9. The molecule has 1 aliphatic rings. The van der Waals surface area contributed by atoms with Gasteiger partial charge in [0.1, 0.15) is 0 Å². The fraction of sp³-hybridized carbons (Fsp3) is 0.529. The van der Waals surface area contributed by atoms with Crippen LogP contribution in [0.5, 0.6) is 0 Å². The summed E-state index contributed by atoms with van der Waals surface area (Å²) in [5.41, 5.74) is 1.08. The second-order valence-electron chi connectivity index (χ2n) is 5.82. The van der Waals surface area contributed by atoms with Crippen molar-refractivity contribution in [2.24, 2.45) is 0 Å². The van der Waals surface area contributed by atoms with Crippen LogP contribution in [0.15, 0.2) is 30.3 Å². The van der Waals surface area contributed by atoms with E-state index < -0.39 is 0 Å². The van der Waals surface area contributed by atoms with Gasteiger partial charge in [-0.1, -0.05) is 30.3 Å². The van der Waals surface area contributed by atoms with Crippen LogP contribution in [-0.2, 0) is 16.1 Å². The van der Waals surface area contributed by atoms with Gasteiger partial charge in [-0.05, 0) is 12.5 Å². The molecule has 6 heteroatoms. The van der Waals surface area contributed by atoms with Crippen molar-refractivity contribution in [3.63, 3.8) is 0 Å². The Labute approximate surface area is 144 Å². The van der Waals surface area contributed by atoms with Crippen LogP contribution in [-0.4, -0.2) is 53.8 Å². The molecular weight excluding hydrogens is 314 g/mol. The van der Waals surface area contributed by atoms with Crippen molar-refractivity contribution in [3.8, 4) is 0 Å². The molecule has 1 aromatic carbocycles.